The average Bonchev–Trinajstić information content (AvgIpc) is 3.18. The van der Waals surface area contributed by atoms with E-state index in [-0.39, 0.29) is 13.2 Å². The van der Waals surface area contributed by atoms with Crippen molar-refractivity contribution >= 4 is 23.9 Å². The number of urea groups is 1. The van der Waals surface area contributed by atoms with E-state index >= 15 is 0 Å². The molecular weight excluding hydrogens is 486 g/mol. The van der Waals surface area contributed by atoms with Crippen LogP contribution in [-0.4, -0.2) is 71.0 Å². The van der Waals surface area contributed by atoms with Crippen LogP contribution < -0.4 is 5.32 Å². The summed E-state index contributed by atoms with van der Waals surface area (Å²) in [6.07, 6.45) is 0.949. The largest absolute Gasteiger partial charge is 0.460 e. The fraction of sp³-hybridized carbons (Fsp3) is 0.448. The van der Waals surface area contributed by atoms with Crippen LogP contribution in [0.15, 0.2) is 60.7 Å². The summed E-state index contributed by atoms with van der Waals surface area (Å²) in [5, 5.41) is 3.05. The molecule has 0 saturated carbocycles. The second kappa shape index (κ2) is 12.7. The van der Waals surface area contributed by atoms with E-state index in [1.807, 2.05) is 60.7 Å². The van der Waals surface area contributed by atoms with E-state index in [0.717, 1.165) is 16.0 Å². The molecule has 0 bridgehead atoms. The van der Waals surface area contributed by atoms with Crippen molar-refractivity contribution in [2.75, 3.05) is 13.6 Å². The third kappa shape index (κ3) is 7.89. The van der Waals surface area contributed by atoms with Crippen molar-refractivity contribution in [2.45, 2.75) is 70.9 Å². The van der Waals surface area contributed by atoms with Crippen LogP contribution in [0.2, 0.25) is 0 Å². The Hall–Kier alpha value is -3.72. The van der Waals surface area contributed by atoms with Crippen molar-refractivity contribution in [1.82, 2.24) is 15.1 Å². The number of amides is 3. The van der Waals surface area contributed by atoms with Gasteiger partial charge in [0.05, 0.1) is 12.6 Å². The molecule has 3 atom stereocenters. The molecule has 3 rings (SSSR count). The van der Waals surface area contributed by atoms with Crippen molar-refractivity contribution in [3.63, 3.8) is 0 Å². The molecule has 1 aliphatic rings. The van der Waals surface area contributed by atoms with E-state index in [1.165, 1.54) is 11.9 Å². The molecule has 0 spiro atoms. The minimum Gasteiger partial charge on any atom is -0.460 e. The molecule has 1 saturated heterocycles. The first-order valence-corrected chi connectivity index (χ1v) is 12.8. The Morgan fingerprint density at radius 1 is 1.00 bits per heavy atom. The molecule has 9 nitrogen and oxygen atoms in total. The van der Waals surface area contributed by atoms with Gasteiger partial charge >= 0.3 is 18.0 Å². The number of aryl methyl sites for hydroxylation is 1. The van der Waals surface area contributed by atoms with E-state index in [9.17, 15) is 19.2 Å². The molecule has 1 fully saturated rings. The molecule has 9 heteroatoms. The highest BCUT2D eigenvalue weighted by Crippen LogP contribution is 2.20. The lowest BCUT2D eigenvalue weighted by Gasteiger charge is -2.28. The molecule has 0 aromatic heterocycles. The van der Waals surface area contributed by atoms with Crippen LogP contribution in [-0.2, 0) is 36.9 Å². The molecule has 0 radical (unpaired) electrons. The van der Waals surface area contributed by atoms with Gasteiger partial charge in [-0.1, -0.05) is 60.7 Å². The Balaban J connectivity index is 1.73. The second-order valence-electron chi connectivity index (χ2n) is 10.5. The van der Waals surface area contributed by atoms with Gasteiger partial charge in [-0.25, -0.2) is 14.5 Å². The van der Waals surface area contributed by atoms with Crippen LogP contribution in [0.3, 0.4) is 0 Å². The highest BCUT2D eigenvalue weighted by Gasteiger charge is 2.46. The van der Waals surface area contributed by atoms with E-state index < -0.39 is 47.6 Å². The summed E-state index contributed by atoms with van der Waals surface area (Å²) in [6, 6.07) is 15.6. The standard InChI is InChI=1S/C29H37N3O6/c1-20(25(33)32-24(18-31(5)28(32)36)27(35)38-29(2,3)4)30-23(17-16-21-12-8-6-9-13-21)26(34)37-19-22-14-10-7-11-15-22/h6-15,20,23-24,30H,16-19H2,1-5H3/t20-,23+,24+/m1/s1. The Labute approximate surface area is 224 Å². The lowest BCUT2D eigenvalue weighted by Crippen LogP contribution is -2.55. The molecule has 204 valence electrons. The minimum atomic E-state index is -1.07. The number of hydrogen-bond acceptors (Lipinski definition) is 7. The SMILES string of the molecule is C[C@@H](N[C@@H](CCc1ccccc1)C(=O)OCc1ccccc1)C(=O)N1C(=O)N(C)C[C@H]1C(=O)OC(C)(C)C. The van der Waals surface area contributed by atoms with E-state index in [1.54, 1.807) is 27.7 Å². The lowest BCUT2D eigenvalue weighted by atomic mass is 10.0. The van der Waals surface area contributed by atoms with Gasteiger partial charge in [-0.15, -0.1) is 0 Å². The van der Waals surface area contributed by atoms with Gasteiger partial charge in [0.25, 0.3) is 0 Å². The van der Waals surface area contributed by atoms with Gasteiger partial charge in [0.2, 0.25) is 5.91 Å². The number of imide groups is 1. The topological polar surface area (TPSA) is 105 Å². The van der Waals surface area contributed by atoms with E-state index in [0.29, 0.717) is 12.8 Å². The summed E-state index contributed by atoms with van der Waals surface area (Å²) < 4.78 is 11.0. The van der Waals surface area contributed by atoms with E-state index in [4.69, 9.17) is 9.47 Å². The molecule has 1 aliphatic heterocycles. The second-order valence-corrected chi connectivity index (χ2v) is 10.5. The molecule has 1 N–H and O–H groups in total. The number of rotatable bonds is 10. The summed E-state index contributed by atoms with van der Waals surface area (Å²) in [5.41, 5.74) is 1.11. The first-order valence-electron chi connectivity index (χ1n) is 12.8. The number of likely N-dealkylation sites (N-methyl/N-ethyl adjacent to an activating group) is 1. The van der Waals surface area contributed by atoms with Crippen LogP contribution in [0.1, 0.15) is 45.2 Å². The van der Waals surface area contributed by atoms with Crippen LogP contribution >= 0.6 is 0 Å². The highest BCUT2D eigenvalue weighted by atomic mass is 16.6. The fourth-order valence-corrected chi connectivity index (χ4v) is 4.17. The van der Waals surface area contributed by atoms with Crippen molar-refractivity contribution in [3.8, 4) is 0 Å². The number of benzene rings is 2. The summed E-state index contributed by atoms with van der Waals surface area (Å²) >= 11 is 0. The first kappa shape index (κ1) is 28.8. The zero-order valence-electron chi connectivity index (χ0n) is 22.7. The van der Waals surface area contributed by atoms with E-state index in [2.05, 4.69) is 5.32 Å². The molecule has 3 amide bonds. The summed E-state index contributed by atoms with van der Waals surface area (Å²) in [5.74, 6) is -1.77. The molecule has 0 unspecified atom stereocenters. The Morgan fingerprint density at radius 3 is 2.16 bits per heavy atom. The molecular formula is C29H37N3O6. The van der Waals surface area contributed by atoms with Crippen LogP contribution in [0.5, 0.6) is 0 Å². The molecule has 0 aliphatic carbocycles. The number of carbonyl (C=O) groups is 4. The highest BCUT2D eigenvalue weighted by molar-refractivity contribution is 6.03. The van der Waals surface area contributed by atoms with Crippen LogP contribution in [0, 0.1) is 0 Å². The number of nitrogens with zero attached hydrogens (tertiary/aromatic N) is 2. The normalized spacial score (nSPS) is 17.2. The van der Waals surface area contributed by atoms with Gasteiger partial charge in [0.15, 0.2) is 6.04 Å². The fourth-order valence-electron chi connectivity index (χ4n) is 4.17. The summed E-state index contributed by atoms with van der Waals surface area (Å²) in [6.45, 7) is 6.87. The van der Waals surface area contributed by atoms with Gasteiger partial charge in [-0.05, 0) is 51.7 Å². The average molecular weight is 524 g/mol. The molecule has 2 aromatic carbocycles. The van der Waals surface area contributed by atoms with Crippen molar-refractivity contribution in [3.05, 3.63) is 71.8 Å². The van der Waals surface area contributed by atoms with Crippen molar-refractivity contribution in [1.29, 1.82) is 0 Å². The minimum absolute atomic E-state index is 0.0305. The number of esters is 2. The number of hydrogen-bond donors (Lipinski definition) is 1. The Morgan fingerprint density at radius 2 is 1.58 bits per heavy atom. The summed E-state index contributed by atoms with van der Waals surface area (Å²) in [7, 11) is 1.52. The maximum atomic E-state index is 13.4. The Kier molecular flexibility index (Phi) is 9.63. The third-order valence-corrected chi connectivity index (χ3v) is 6.10. The number of nitrogens with one attached hydrogen (secondary N) is 1. The maximum absolute atomic E-state index is 13.4. The summed E-state index contributed by atoms with van der Waals surface area (Å²) in [4.78, 5) is 54.4. The van der Waals surface area contributed by atoms with Gasteiger partial charge in [0.1, 0.15) is 18.2 Å². The lowest BCUT2D eigenvalue weighted by molar-refractivity contribution is -0.162. The van der Waals surface area contributed by atoms with Crippen molar-refractivity contribution < 1.29 is 28.7 Å². The van der Waals surface area contributed by atoms with Crippen LogP contribution in [0.25, 0.3) is 0 Å². The van der Waals surface area contributed by atoms with Gasteiger partial charge in [-0.3, -0.25) is 14.9 Å². The van der Waals surface area contributed by atoms with Gasteiger partial charge < -0.3 is 14.4 Å². The van der Waals surface area contributed by atoms with Gasteiger partial charge in [-0.2, -0.15) is 0 Å². The number of ether oxygens (including phenoxy) is 2. The zero-order valence-corrected chi connectivity index (χ0v) is 22.7. The van der Waals surface area contributed by atoms with Gasteiger partial charge in [0, 0.05) is 7.05 Å². The quantitative estimate of drug-likeness (QED) is 0.477. The molecule has 1 heterocycles. The zero-order chi connectivity index (χ0) is 27.9. The third-order valence-electron chi connectivity index (χ3n) is 6.10. The molecule has 38 heavy (non-hydrogen) atoms. The smallest absolute Gasteiger partial charge is 0.331 e. The predicted molar refractivity (Wildman–Crippen MR) is 142 cm³/mol. The monoisotopic (exact) mass is 523 g/mol. The molecule has 2 aromatic rings. The maximum Gasteiger partial charge on any atom is 0.331 e. The first-order chi connectivity index (χ1) is 18.0. The van der Waals surface area contributed by atoms with Crippen molar-refractivity contribution in [2.24, 2.45) is 0 Å². The Bertz CT molecular complexity index is 1120. The predicted octanol–water partition coefficient (Wildman–Crippen LogP) is 3.31. The van der Waals surface area contributed by atoms with Crippen LogP contribution in [0.4, 0.5) is 4.79 Å². The number of carbonyl (C=O) groups excluding carboxylic acids is 4.